The number of nitrogens with two attached hydrogens (primary N) is 1. The van der Waals surface area contributed by atoms with E-state index in [1.54, 1.807) is 26.0 Å². The maximum absolute atomic E-state index is 11.9. The molecule has 0 aliphatic carbocycles. The second kappa shape index (κ2) is 5.14. The summed E-state index contributed by atoms with van der Waals surface area (Å²) in [5.41, 5.74) is 6.04. The highest BCUT2D eigenvalue weighted by atomic mass is 35.5. The lowest BCUT2D eigenvalue weighted by molar-refractivity contribution is 0.573. The maximum atomic E-state index is 11.9. The summed E-state index contributed by atoms with van der Waals surface area (Å²) in [6.07, 6.45) is 0. The third-order valence-corrected chi connectivity index (χ3v) is 4.08. The van der Waals surface area contributed by atoms with Gasteiger partial charge in [0.05, 0.1) is 4.90 Å². The van der Waals surface area contributed by atoms with E-state index in [0.717, 1.165) is 0 Å². The molecule has 0 spiro atoms. The van der Waals surface area contributed by atoms with E-state index in [2.05, 4.69) is 4.72 Å². The van der Waals surface area contributed by atoms with E-state index in [-0.39, 0.29) is 17.5 Å². The number of sulfonamides is 1. The first kappa shape index (κ1) is 13.4. The third-order valence-electron chi connectivity index (χ3n) is 2.10. The normalized spacial score (nSPS) is 13.8. The molecule has 0 aliphatic rings. The average Bonchev–Trinajstić information content (AvgIpc) is 2.19. The summed E-state index contributed by atoms with van der Waals surface area (Å²) in [7, 11) is -3.52. The fourth-order valence-corrected chi connectivity index (χ4v) is 2.84. The van der Waals surface area contributed by atoms with E-state index in [1.807, 2.05) is 0 Å². The summed E-state index contributed by atoms with van der Waals surface area (Å²) in [6.45, 7) is 3.60. The molecule has 16 heavy (non-hydrogen) atoms. The highest BCUT2D eigenvalue weighted by molar-refractivity contribution is 7.89. The first-order valence-electron chi connectivity index (χ1n) is 4.85. The Morgan fingerprint density at radius 3 is 2.69 bits per heavy atom. The predicted octanol–water partition coefficient (Wildman–Crippen LogP) is 1.27. The van der Waals surface area contributed by atoms with Crippen LogP contribution in [0.2, 0.25) is 5.02 Å². The van der Waals surface area contributed by atoms with E-state index in [0.29, 0.717) is 10.6 Å². The summed E-state index contributed by atoms with van der Waals surface area (Å²) < 4.78 is 26.2. The van der Waals surface area contributed by atoms with Crippen molar-refractivity contribution in [3.63, 3.8) is 0 Å². The molecule has 0 aliphatic heterocycles. The monoisotopic (exact) mass is 262 g/mol. The molecule has 1 unspecified atom stereocenters. The fraction of sp³-hybridized carbons (Fsp3) is 0.400. The molecule has 0 saturated carbocycles. The lowest BCUT2D eigenvalue weighted by atomic mass is 10.2. The molecular formula is C10H15ClN2O2S. The van der Waals surface area contributed by atoms with Crippen molar-refractivity contribution in [2.24, 2.45) is 5.73 Å². The number of benzene rings is 1. The fourth-order valence-electron chi connectivity index (χ4n) is 1.20. The standard InChI is InChI=1S/C10H15ClN2O2S/c1-7(12)6-13-16(14,15)10-5-3-4-9(11)8(10)2/h3-5,7,13H,6,12H2,1-2H3. The zero-order valence-corrected chi connectivity index (χ0v) is 10.8. The number of halogens is 1. The van der Waals surface area contributed by atoms with Crippen LogP contribution in [0.5, 0.6) is 0 Å². The third kappa shape index (κ3) is 3.18. The molecule has 6 heteroatoms. The van der Waals surface area contributed by atoms with Crippen LogP contribution in [-0.4, -0.2) is 21.0 Å². The van der Waals surface area contributed by atoms with Crippen molar-refractivity contribution in [1.29, 1.82) is 0 Å². The molecule has 4 nitrogen and oxygen atoms in total. The summed E-state index contributed by atoms with van der Waals surface area (Å²) in [5, 5.41) is 0.434. The van der Waals surface area contributed by atoms with Crippen molar-refractivity contribution in [3.8, 4) is 0 Å². The quantitative estimate of drug-likeness (QED) is 0.858. The van der Waals surface area contributed by atoms with Crippen LogP contribution in [0.3, 0.4) is 0 Å². The molecule has 1 aromatic rings. The average molecular weight is 263 g/mol. The van der Waals surface area contributed by atoms with Crippen LogP contribution in [-0.2, 0) is 10.0 Å². The van der Waals surface area contributed by atoms with E-state index >= 15 is 0 Å². The Morgan fingerprint density at radius 1 is 1.50 bits per heavy atom. The van der Waals surface area contributed by atoms with Gasteiger partial charge in [0.1, 0.15) is 0 Å². The highest BCUT2D eigenvalue weighted by Crippen LogP contribution is 2.22. The Kier molecular flexibility index (Phi) is 4.32. The van der Waals surface area contributed by atoms with E-state index in [9.17, 15) is 8.42 Å². The smallest absolute Gasteiger partial charge is 0.240 e. The number of nitrogens with one attached hydrogen (secondary N) is 1. The minimum atomic E-state index is -3.52. The summed E-state index contributed by atoms with van der Waals surface area (Å²) >= 11 is 5.87. The van der Waals surface area contributed by atoms with Gasteiger partial charge in [0, 0.05) is 17.6 Å². The van der Waals surface area contributed by atoms with Crippen LogP contribution in [0, 0.1) is 6.92 Å². The second-order valence-corrected chi connectivity index (χ2v) is 5.83. The number of hydrogen-bond donors (Lipinski definition) is 2. The van der Waals surface area contributed by atoms with Crippen LogP contribution in [0.4, 0.5) is 0 Å². The summed E-state index contributed by atoms with van der Waals surface area (Å²) in [5.74, 6) is 0. The van der Waals surface area contributed by atoms with Crippen molar-refractivity contribution < 1.29 is 8.42 Å². The minimum Gasteiger partial charge on any atom is -0.327 e. The lowest BCUT2D eigenvalue weighted by Gasteiger charge is -2.11. The number of hydrogen-bond acceptors (Lipinski definition) is 3. The molecule has 1 atom stereocenters. The van der Waals surface area contributed by atoms with Gasteiger partial charge in [0.25, 0.3) is 0 Å². The molecule has 90 valence electrons. The largest absolute Gasteiger partial charge is 0.327 e. The first-order valence-corrected chi connectivity index (χ1v) is 6.71. The molecule has 1 aromatic carbocycles. The molecule has 3 N–H and O–H groups in total. The van der Waals surface area contributed by atoms with E-state index in [1.165, 1.54) is 6.07 Å². The Morgan fingerprint density at radius 2 is 2.12 bits per heavy atom. The van der Waals surface area contributed by atoms with Gasteiger partial charge in [0.15, 0.2) is 0 Å². The zero-order chi connectivity index (χ0) is 12.3. The van der Waals surface area contributed by atoms with E-state index in [4.69, 9.17) is 17.3 Å². The predicted molar refractivity (Wildman–Crippen MR) is 65.0 cm³/mol. The van der Waals surface area contributed by atoms with Gasteiger partial charge in [-0.3, -0.25) is 0 Å². The van der Waals surface area contributed by atoms with Crippen LogP contribution >= 0.6 is 11.6 Å². The van der Waals surface area contributed by atoms with Crippen LogP contribution in [0.1, 0.15) is 12.5 Å². The van der Waals surface area contributed by atoms with Crippen LogP contribution in [0.25, 0.3) is 0 Å². The Balaban J connectivity index is 3.03. The highest BCUT2D eigenvalue weighted by Gasteiger charge is 2.17. The summed E-state index contributed by atoms with van der Waals surface area (Å²) in [6, 6.07) is 4.55. The van der Waals surface area contributed by atoms with Gasteiger partial charge >= 0.3 is 0 Å². The zero-order valence-electron chi connectivity index (χ0n) is 9.20. The topological polar surface area (TPSA) is 72.2 Å². The van der Waals surface area contributed by atoms with Gasteiger partial charge < -0.3 is 5.73 Å². The molecule has 0 heterocycles. The Labute approximate surface area is 101 Å². The Hall–Kier alpha value is -0.620. The SMILES string of the molecule is Cc1c(Cl)cccc1S(=O)(=O)NCC(C)N. The molecule has 0 amide bonds. The van der Waals surface area contributed by atoms with Gasteiger partial charge in [-0.2, -0.15) is 0 Å². The van der Waals surface area contributed by atoms with Crippen molar-refractivity contribution in [1.82, 2.24) is 4.72 Å². The minimum absolute atomic E-state index is 0.195. The van der Waals surface area contributed by atoms with E-state index < -0.39 is 10.0 Å². The molecule has 0 saturated heterocycles. The van der Waals surface area contributed by atoms with Gasteiger partial charge in [-0.1, -0.05) is 17.7 Å². The number of rotatable bonds is 4. The van der Waals surface area contributed by atoms with Crippen LogP contribution < -0.4 is 10.5 Å². The lowest BCUT2D eigenvalue weighted by Crippen LogP contribution is -2.35. The van der Waals surface area contributed by atoms with Crippen molar-refractivity contribution in [2.75, 3.05) is 6.54 Å². The van der Waals surface area contributed by atoms with Gasteiger partial charge in [0.2, 0.25) is 10.0 Å². The molecular weight excluding hydrogens is 248 g/mol. The molecule has 1 rings (SSSR count). The maximum Gasteiger partial charge on any atom is 0.240 e. The Bertz CT molecular complexity index is 472. The molecule has 0 radical (unpaired) electrons. The van der Waals surface area contributed by atoms with Crippen molar-refractivity contribution in [2.45, 2.75) is 24.8 Å². The van der Waals surface area contributed by atoms with Gasteiger partial charge in [-0.05, 0) is 31.5 Å². The van der Waals surface area contributed by atoms with Crippen molar-refractivity contribution >= 4 is 21.6 Å². The van der Waals surface area contributed by atoms with Crippen LogP contribution in [0.15, 0.2) is 23.1 Å². The summed E-state index contributed by atoms with van der Waals surface area (Å²) in [4.78, 5) is 0.195. The molecule has 0 bridgehead atoms. The first-order chi connectivity index (χ1) is 7.34. The van der Waals surface area contributed by atoms with Gasteiger partial charge in [-0.15, -0.1) is 0 Å². The second-order valence-electron chi connectivity index (χ2n) is 3.69. The van der Waals surface area contributed by atoms with Gasteiger partial charge in [-0.25, -0.2) is 13.1 Å². The van der Waals surface area contributed by atoms with Crippen molar-refractivity contribution in [3.05, 3.63) is 28.8 Å². The molecule has 0 aromatic heterocycles. The molecule has 0 fully saturated rings.